The van der Waals surface area contributed by atoms with Crippen molar-refractivity contribution in [3.8, 4) is 0 Å². The van der Waals surface area contributed by atoms with E-state index in [-0.39, 0.29) is 0 Å². The molecule has 2 heterocycles. The van der Waals surface area contributed by atoms with E-state index in [1.54, 1.807) is 12.4 Å². The van der Waals surface area contributed by atoms with Crippen LogP contribution in [0.25, 0.3) is 0 Å². The van der Waals surface area contributed by atoms with Gasteiger partial charge in [0.25, 0.3) is 0 Å². The first-order valence-corrected chi connectivity index (χ1v) is 6.62. The Balaban J connectivity index is 1.50. The molecule has 3 nitrogen and oxygen atoms in total. The molecule has 1 fully saturated rings. The maximum absolute atomic E-state index is 10.8. The average molecular weight is 242 g/mol. The lowest BCUT2D eigenvalue weighted by atomic mass is 9.90. The molecule has 0 aliphatic carbocycles. The molecule has 0 amide bonds. The zero-order valence-electron chi connectivity index (χ0n) is 10.5. The molecule has 0 saturated carbocycles. The van der Waals surface area contributed by atoms with E-state index < -0.39 is 0 Å². The van der Waals surface area contributed by atoms with Crippen molar-refractivity contribution in [3.05, 3.63) is 53.0 Å². The van der Waals surface area contributed by atoms with Gasteiger partial charge in [0.2, 0.25) is 12.4 Å². The number of nitrogens with zero attached hydrogens (tertiary/aromatic N) is 2. The second-order valence-corrected chi connectivity index (χ2v) is 5.16. The predicted octanol–water partition coefficient (Wildman–Crippen LogP) is 2.38. The predicted molar refractivity (Wildman–Crippen MR) is 72.2 cm³/mol. The van der Waals surface area contributed by atoms with E-state index in [4.69, 9.17) is 0 Å². The first-order chi connectivity index (χ1) is 8.81. The molecule has 0 unspecified atom stereocenters. The lowest BCUT2D eigenvalue weighted by molar-refractivity contribution is -0.388. The van der Waals surface area contributed by atoms with E-state index in [1.807, 2.05) is 0 Å². The zero-order chi connectivity index (χ0) is 12.4. The summed E-state index contributed by atoms with van der Waals surface area (Å²) >= 11 is 0. The molecule has 2 aliphatic rings. The fraction of sp³-hybridized carbons (Fsp3) is 0.400. The van der Waals surface area contributed by atoms with Crippen LogP contribution in [-0.4, -0.2) is 28.9 Å². The SMILES string of the molecule is [O-][N+]1=CC(N2CCC(Cc3ccccc3)CC2)=C1. The van der Waals surface area contributed by atoms with Gasteiger partial charge in [0.15, 0.2) is 5.70 Å². The molecule has 18 heavy (non-hydrogen) atoms. The Morgan fingerprint density at radius 3 is 2.44 bits per heavy atom. The van der Waals surface area contributed by atoms with Crippen molar-refractivity contribution in [2.75, 3.05) is 13.1 Å². The second-order valence-electron chi connectivity index (χ2n) is 5.16. The van der Waals surface area contributed by atoms with Gasteiger partial charge >= 0.3 is 0 Å². The van der Waals surface area contributed by atoms with Gasteiger partial charge in [-0.3, -0.25) is 0 Å². The third kappa shape index (κ3) is 2.40. The highest BCUT2D eigenvalue weighted by molar-refractivity contribution is 5.77. The average Bonchev–Trinajstić information content (AvgIpc) is 2.38. The normalized spacial score (nSPS) is 20.1. The van der Waals surface area contributed by atoms with E-state index >= 15 is 0 Å². The quantitative estimate of drug-likeness (QED) is 0.601. The topological polar surface area (TPSA) is 29.3 Å². The van der Waals surface area contributed by atoms with Crippen LogP contribution < -0.4 is 0 Å². The number of allylic oxidation sites excluding steroid dienone is 1. The van der Waals surface area contributed by atoms with Crippen molar-refractivity contribution in [1.82, 2.24) is 4.90 Å². The molecule has 1 aromatic rings. The highest BCUT2D eigenvalue weighted by Crippen LogP contribution is 2.24. The first-order valence-electron chi connectivity index (χ1n) is 6.62. The summed E-state index contributed by atoms with van der Waals surface area (Å²) in [5.41, 5.74) is 2.54. The Bertz CT molecular complexity index is 471. The maximum Gasteiger partial charge on any atom is 0.210 e. The van der Waals surface area contributed by atoms with Crippen LogP contribution in [0.3, 0.4) is 0 Å². The summed E-state index contributed by atoms with van der Waals surface area (Å²) in [5, 5.41) is 10.8. The fourth-order valence-electron chi connectivity index (χ4n) is 2.76. The third-order valence-corrected chi connectivity index (χ3v) is 3.87. The molecular weight excluding hydrogens is 224 g/mol. The molecule has 94 valence electrons. The van der Waals surface area contributed by atoms with Crippen molar-refractivity contribution >= 4 is 6.21 Å². The molecule has 0 radical (unpaired) electrons. The number of rotatable bonds is 3. The van der Waals surface area contributed by atoms with Crippen LogP contribution in [0.5, 0.6) is 0 Å². The summed E-state index contributed by atoms with van der Waals surface area (Å²) in [5.74, 6) is 0.785. The molecule has 1 saturated heterocycles. The summed E-state index contributed by atoms with van der Waals surface area (Å²) in [7, 11) is 0. The van der Waals surface area contributed by atoms with Crippen molar-refractivity contribution < 1.29 is 4.74 Å². The van der Waals surface area contributed by atoms with Gasteiger partial charge in [-0.05, 0) is 30.7 Å². The molecule has 0 atom stereocenters. The second kappa shape index (κ2) is 4.84. The largest absolute Gasteiger partial charge is 0.619 e. The van der Waals surface area contributed by atoms with Crippen LogP contribution in [-0.2, 0) is 6.42 Å². The van der Waals surface area contributed by atoms with Crippen LogP contribution in [0.1, 0.15) is 18.4 Å². The Morgan fingerprint density at radius 2 is 1.83 bits per heavy atom. The van der Waals surface area contributed by atoms with Gasteiger partial charge < -0.3 is 10.1 Å². The summed E-state index contributed by atoms with van der Waals surface area (Å²) in [4.78, 5) is 2.32. The molecule has 2 aliphatic heterocycles. The summed E-state index contributed by atoms with van der Waals surface area (Å²) in [6.45, 7) is 2.15. The standard InChI is InChI=1S/C15H18N2O/c18-17-11-15(12-17)16-8-6-14(7-9-16)10-13-4-2-1-3-5-13/h1-5,11-12,14H,6-10H2. The minimum Gasteiger partial charge on any atom is -0.619 e. The lowest BCUT2D eigenvalue weighted by Gasteiger charge is -2.34. The van der Waals surface area contributed by atoms with Gasteiger partial charge in [-0.15, -0.1) is 0 Å². The van der Waals surface area contributed by atoms with Crippen molar-refractivity contribution in [2.45, 2.75) is 19.3 Å². The third-order valence-electron chi connectivity index (χ3n) is 3.87. The number of benzene rings is 1. The van der Waals surface area contributed by atoms with E-state index in [1.165, 1.54) is 24.8 Å². The van der Waals surface area contributed by atoms with Gasteiger partial charge in [0, 0.05) is 13.1 Å². The Labute approximate surface area is 108 Å². The monoisotopic (exact) mass is 242 g/mol. The fourth-order valence-corrected chi connectivity index (χ4v) is 2.76. The molecule has 0 spiro atoms. The van der Waals surface area contributed by atoms with Crippen LogP contribution in [0.15, 0.2) is 42.2 Å². The molecule has 0 aromatic heterocycles. The number of hydroxylamine groups is 1. The summed E-state index contributed by atoms with van der Waals surface area (Å²) < 4.78 is 0.880. The number of hydrogen-bond acceptors (Lipinski definition) is 2. The van der Waals surface area contributed by atoms with Crippen LogP contribution in [0.4, 0.5) is 0 Å². The van der Waals surface area contributed by atoms with E-state index in [0.717, 1.165) is 29.4 Å². The van der Waals surface area contributed by atoms with Crippen molar-refractivity contribution in [1.29, 1.82) is 0 Å². The van der Waals surface area contributed by atoms with Crippen molar-refractivity contribution in [3.63, 3.8) is 0 Å². The molecule has 1 aromatic carbocycles. The molecule has 0 bridgehead atoms. The summed E-state index contributed by atoms with van der Waals surface area (Å²) in [6.07, 6.45) is 6.96. The Kier molecular flexibility index (Phi) is 3.05. The summed E-state index contributed by atoms with van der Waals surface area (Å²) in [6, 6.07) is 10.7. The number of likely N-dealkylation sites (tertiary alicyclic amines) is 1. The number of piperidine rings is 1. The Morgan fingerprint density at radius 1 is 1.17 bits per heavy atom. The minimum absolute atomic E-state index is 0.785. The maximum atomic E-state index is 10.8. The smallest absolute Gasteiger partial charge is 0.210 e. The van der Waals surface area contributed by atoms with Crippen LogP contribution in [0.2, 0.25) is 0 Å². The van der Waals surface area contributed by atoms with E-state index in [9.17, 15) is 5.21 Å². The molecule has 3 rings (SSSR count). The van der Waals surface area contributed by atoms with Gasteiger partial charge in [-0.1, -0.05) is 30.3 Å². The van der Waals surface area contributed by atoms with Crippen LogP contribution in [0, 0.1) is 11.1 Å². The highest BCUT2D eigenvalue weighted by atomic mass is 16.5. The first kappa shape index (κ1) is 11.3. The van der Waals surface area contributed by atoms with Gasteiger partial charge in [-0.25, -0.2) is 0 Å². The lowest BCUT2D eigenvalue weighted by Crippen LogP contribution is -2.37. The van der Waals surface area contributed by atoms with E-state index in [0.29, 0.717) is 0 Å². The highest BCUT2D eigenvalue weighted by Gasteiger charge is 2.25. The minimum atomic E-state index is 0.785. The zero-order valence-corrected chi connectivity index (χ0v) is 10.5. The van der Waals surface area contributed by atoms with Crippen LogP contribution >= 0.6 is 0 Å². The Hall–Kier alpha value is -1.77. The molecule has 3 heteroatoms. The van der Waals surface area contributed by atoms with E-state index in [2.05, 4.69) is 35.2 Å². The molecule has 0 N–H and O–H groups in total. The van der Waals surface area contributed by atoms with Gasteiger partial charge in [0.1, 0.15) is 0 Å². The van der Waals surface area contributed by atoms with Gasteiger partial charge in [-0.2, -0.15) is 4.74 Å². The van der Waals surface area contributed by atoms with Crippen molar-refractivity contribution in [2.24, 2.45) is 5.92 Å². The molecular formula is C15H18N2O. The number of hydrogen-bond donors (Lipinski definition) is 0. The van der Waals surface area contributed by atoms with Gasteiger partial charge in [0.05, 0.1) is 0 Å².